The molecule has 84 valence electrons. The van der Waals surface area contributed by atoms with Gasteiger partial charge in [0.1, 0.15) is 0 Å². The van der Waals surface area contributed by atoms with Gasteiger partial charge in [-0.15, -0.1) is 12.3 Å². The lowest BCUT2D eigenvalue weighted by molar-refractivity contribution is 0.0953. The maximum absolute atomic E-state index is 11.9. The Morgan fingerprint density at radius 2 is 1.88 bits per heavy atom. The molecule has 0 heterocycles. The molecule has 0 fully saturated rings. The first-order valence-electron chi connectivity index (χ1n) is 5.35. The maximum Gasteiger partial charge on any atom is 0.251 e. The Morgan fingerprint density at radius 1 is 1.31 bits per heavy atom. The van der Waals surface area contributed by atoms with E-state index in [9.17, 15) is 4.79 Å². The third-order valence-corrected chi connectivity index (χ3v) is 2.46. The summed E-state index contributed by atoms with van der Waals surface area (Å²) in [6, 6.07) is 4.03. The number of carbonyl (C=O) groups excluding carboxylic acids is 1. The molecule has 0 saturated heterocycles. The number of hydrogen-bond acceptors (Lipinski definition) is 1. The van der Waals surface area contributed by atoms with E-state index >= 15 is 0 Å². The summed E-state index contributed by atoms with van der Waals surface area (Å²) in [5.74, 6) is 2.46. The summed E-state index contributed by atoms with van der Waals surface area (Å²) in [5, 5.41) is 2.82. The van der Waals surface area contributed by atoms with E-state index in [1.54, 1.807) is 0 Å². The molecule has 0 radical (unpaired) electrons. The SMILES string of the molecule is C#CCCNC(=O)c1c(C)cc(C)cc1C. The Hall–Kier alpha value is -1.75. The van der Waals surface area contributed by atoms with Crippen LogP contribution in [0, 0.1) is 33.1 Å². The van der Waals surface area contributed by atoms with Crippen LogP contribution in [0.3, 0.4) is 0 Å². The quantitative estimate of drug-likeness (QED) is 0.608. The van der Waals surface area contributed by atoms with Crippen LogP contribution < -0.4 is 5.32 Å². The molecule has 0 aromatic heterocycles. The maximum atomic E-state index is 11.9. The average molecular weight is 215 g/mol. The molecule has 0 aliphatic carbocycles. The summed E-state index contributed by atoms with van der Waals surface area (Å²) >= 11 is 0. The standard InChI is InChI=1S/C14H17NO/c1-5-6-7-15-14(16)13-11(3)8-10(2)9-12(13)4/h1,8-9H,6-7H2,2-4H3,(H,15,16). The molecule has 1 amide bonds. The van der Waals surface area contributed by atoms with Gasteiger partial charge in [-0.25, -0.2) is 0 Å². The lowest BCUT2D eigenvalue weighted by Crippen LogP contribution is -2.25. The zero-order chi connectivity index (χ0) is 12.1. The van der Waals surface area contributed by atoms with E-state index < -0.39 is 0 Å². The van der Waals surface area contributed by atoms with Gasteiger partial charge in [-0.05, 0) is 31.9 Å². The fraction of sp³-hybridized carbons (Fsp3) is 0.357. The summed E-state index contributed by atoms with van der Waals surface area (Å²) < 4.78 is 0. The van der Waals surface area contributed by atoms with Gasteiger partial charge in [0.2, 0.25) is 0 Å². The van der Waals surface area contributed by atoms with Crippen molar-refractivity contribution in [2.45, 2.75) is 27.2 Å². The molecule has 0 saturated carbocycles. The molecule has 2 nitrogen and oxygen atoms in total. The van der Waals surface area contributed by atoms with E-state index in [1.807, 2.05) is 32.9 Å². The van der Waals surface area contributed by atoms with Crippen LogP contribution in [0.2, 0.25) is 0 Å². The van der Waals surface area contributed by atoms with Gasteiger partial charge in [0.25, 0.3) is 5.91 Å². The fourth-order valence-electron chi connectivity index (χ4n) is 1.87. The van der Waals surface area contributed by atoms with Crippen LogP contribution in [0.5, 0.6) is 0 Å². The Morgan fingerprint density at radius 3 is 2.38 bits per heavy atom. The van der Waals surface area contributed by atoms with Crippen molar-refractivity contribution in [3.8, 4) is 12.3 Å². The van der Waals surface area contributed by atoms with E-state index in [2.05, 4.69) is 11.2 Å². The molecule has 1 aromatic rings. The highest BCUT2D eigenvalue weighted by molar-refractivity contribution is 5.97. The van der Waals surface area contributed by atoms with Crippen LogP contribution >= 0.6 is 0 Å². The van der Waals surface area contributed by atoms with Crippen molar-refractivity contribution in [2.75, 3.05) is 6.54 Å². The molecule has 2 heteroatoms. The molecule has 0 spiro atoms. The van der Waals surface area contributed by atoms with Crippen LogP contribution in [-0.2, 0) is 0 Å². The number of hydrogen-bond donors (Lipinski definition) is 1. The van der Waals surface area contributed by atoms with Crippen molar-refractivity contribution >= 4 is 5.91 Å². The van der Waals surface area contributed by atoms with Crippen molar-refractivity contribution in [3.63, 3.8) is 0 Å². The molecular formula is C14H17NO. The largest absolute Gasteiger partial charge is 0.351 e. The molecule has 1 N–H and O–H groups in total. The number of rotatable bonds is 3. The second-order valence-electron chi connectivity index (χ2n) is 3.98. The zero-order valence-electron chi connectivity index (χ0n) is 10.1. The van der Waals surface area contributed by atoms with Gasteiger partial charge in [-0.1, -0.05) is 17.7 Å². The summed E-state index contributed by atoms with van der Waals surface area (Å²) in [6.45, 7) is 6.47. The average Bonchev–Trinajstić information content (AvgIpc) is 2.16. The van der Waals surface area contributed by atoms with Gasteiger partial charge in [0.05, 0.1) is 0 Å². The first-order chi connectivity index (χ1) is 7.56. The Kier molecular flexibility index (Phi) is 4.13. The Balaban J connectivity index is 2.88. The van der Waals surface area contributed by atoms with Crippen LogP contribution in [0.4, 0.5) is 0 Å². The third kappa shape index (κ3) is 2.87. The van der Waals surface area contributed by atoms with E-state index in [-0.39, 0.29) is 5.91 Å². The van der Waals surface area contributed by atoms with Crippen molar-refractivity contribution in [2.24, 2.45) is 0 Å². The van der Waals surface area contributed by atoms with Crippen LogP contribution in [0.1, 0.15) is 33.5 Å². The number of terminal acetylenes is 1. The minimum absolute atomic E-state index is 0.0368. The van der Waals surface area contributed by atoms with Gasteiger partial charge in [-0.2, -0.15) is 0 Å². The third-order valence-electron chi connectivity index (χ3n) is 2.46. The van der Waals surface area contributed by atoms with Crippen molar-refractivity contribution < 1.29 is 4.79 Å². The summed E-state index contributed by atoms with van der Waals surface area (Å²) in [7, 11) is 0. The Bertz CT molecular complexity index is 418. The van der Waals surface area contributed by atoms with Crippen LogP contribution in [-0.4, -0.2) is 12.5 Å². The molecule has 0 aliphatic rings. The molecule has 0 unspecified atom stereocenters. The minimum atomic E-state index is -0.0368. The van der Waals surface area contributed by atoms with Crippen LogP contribution in [0.15, 0.2) is 12.1 Å². The number of nitrogens with one attached hydrogen (secondary N) is 1. The summed E-state index contributed by atoms with van der Waals surface area (Å²) in [5.41, 5.74) is 3.96. The topological polar surface area (TPSA) is 29.1 Å². The highest BCUT2D eigenvalue weighted by Crippen LogP contribution is 2.15. The van der Waals surface area contributed by atoms with Gasteiger partial charge in [0.15, 0.2) is 0 Å². The normalized spacial score (nSPS) is 9.62. The zero-order valence-corrected chi connectivity index (χ0v) is 10.1. The predicted molar refractivity (Wildman–Crippen MR) is 66.4 cm³/mol. The molecule has 1 rings (SSSR count). The van der Waals surface area contributed by atoms with Crippen LogP contribution in [0.25, 0.3) is 0 Å². The second kappa shape index (κ2) is 5.37. The molecule has 0 bridgehead atoms. The number of carbonyl (C=O) groups is 1. The van der Waals surface area contributed by atoms with Gasteiger partial charge in [0, 0.05) is 18.5 Å². The molecular weight excluding hydrogens is 198 g/mol. The first-order valence-corrected chi connectivity index (χ1v) is 5.35. The van der Waals surface area contributed by atoms with E-state index in [0.29, 0.717) is 13.0 Å². The van der Waals surface area contributed by atoms with Gasteiger partial charge >= 0.3 is 0 Å². The highest BCUT2D eigenvalue weighted by atomic mass is 16.1. The number of amides is 1. The van der Waals surface area contributed by atoms with E-state index in [0.717, 1.165) is 16.7 Å². The number of aryl methyl sites for hydroxylation is 3. The van der Waals surface area contributed by atoms with Gasteiger partial charge in [-0.3, -0.25) is 4.79 Å². The lowest BCUT2D eigenvalue weighted by atomic mass is 9.99. The van der Waals surface area contributed by atoms with E-state index in [1.165, 1.54) is 5.56 Å². The van der Waals surface area contributed by atoms with Gasteiger partial charge < -0.3 is 5.32 Å². The second-order valence-corrected chi connectivity index (χ2v) is 3.98. The molecule has 1 aromatic carbocycles. The summed E-state index contributed by atoms with van der Waals surface area (Å²) in [6.07, 6.45) is 5.70. The highest BCUT2D eigenvalue weighted by Gasteiger charge is 2.11. The smallest absolute Gasteiger partial charge is 0.251 e. The van der Waals surface area contributed by atoms with Crippen molar-refractivity contribution in [1.29, 1.82) is 0 Å². The van der Waals surface area contributed by atoms with E-state index in [4.69, 9.17) is 6.42 Å². The molecule has 16 heavy (non-hydrogen) atoms. The fourth-order valence-corrected chi connectivity index (χ4v) is 1.87. The minimum Gasteiger partial charge on any atom is -0.351 e. The predicted octanol–water partition coefficient (Wildman–Crippen LogP) is 2.36. The number of benzene rings is 1. The molecule has 0 atom stereocenters. The first kappa shape index (κ1) is 12.3. The summed E-state index contributed by atoms with van der Waals surface area (Å²) in [4.78, 5) is 11.9. The van der Waals surface area contributed by atoms with Crippen molar-refractivity contribution in [3.05, 3.63) is 34.4 Å². The monoisotopic (exact) mass is 215 g/mol. The Labute approximate surface area is 97.1 Å². The molecule has 0 aliphatic heterocycles. The van der Waals surface area contributed by atoms with Crippen molar-refractivity contribution in [1.82, 2.24) is 5.32 Å². The lowest BCUT2D eigenvalue weighted by Gasteiger charge is -2.10.